The standard InChI is InChI=1S/C19H24N2O/c1-13-9-5-7-11-17(13)15(3)20-19(22)21-16(4)18-12-8-6-10-14(18)2/h5-12,15-16H,1-4H3,(H2,20,21,22)/t15-,16-/m0/s1. The molecule has 2 aromatic rings. The molecule has 0 heterocycles. The van der Waals surface area contributed by atoms with Crippen molar-refractivity contribution in [1.82, 2.24) is 10.6 Å². The van der Waals surface area contributed by atoms with Crippen LogP contribution in [0.4, 0.5) is 4.79 Å². The molecule has 0 aromatic heterocycles. The summed E-state index contributed by atoms with van der Waals surface area (Å²) in [7, 11) is 0. The van der Waals surface area contributed by atoms with Gasteiger partial charge in [0.1, 0.15) is 0 Å². The zero-order chi connectivity index (χ0) is 16.1. The minimum Gasteiger partial charge on any atom is -0.332 e. The Hall–Kier alpha value is -2.29. The van der Waals surface area contributed by atoms with Crippen molar-refractivity contribution in [1.29, 1.82) is 0 Å². The predicted octanol–water partition coefficient (Wildman–Crippen LogP) is 4.42. The number of aryl methyl sites for hydroxylation is 2. The van der Waals surface area contributed by atoms with Crippen LogP contribution in [-0.4, -0.2) is 6.03 Å². The molecule has 0 spiro atoms. The molecule has 2 N–H and O–H groups in total. The van der Waals surface area contributed by atoms with Crippen LogP contribution in [0.2, 0.25) is 0 Å². The summed E-state index contributed by atoms with van der Waals surface area (Å²) in [5.74, 6) is 0. The fourth-order valence-corrected chi connectivity index (χ4v) is 2.74. The molecule has 0 fully saturated rings. The lowest BCUT2D eigenvalue weighted by atomic mass is 10.0. The molecular formula is C19H24N2O. The number of hydrogen-bond donors (Lipinski definition) is 2. The van der Waals surface area contributed by atoms with Gasteiger partial charge >= 0.3 is 6.03 Å². The van der Waals surface area contributed by atoms with Gasteiger partial charge in [0.05, 0.1) is 12.1 Å². The van der Waals surface area contributed by atoms with Gasteiger partial charge in [-0.3, -0.25) is 0 Å². The van der Waals surface area contributed by atoms with Gasteiger partial charge in [0, 0.05) is 0 Å². The van der Waals surface area contributed by atoms with Crippen LogP contribution in [0.5, 0.6) is 0 Å². The van der Waals surface area contributed by atoms with Crippen LogP contribution >= 0.6 is 0 Å². The van der Waals surface area contributed by atoms with Gasteiger partial charge in [-0.05, 0) is 49.9 Å². The van der Waals surface area contributed by atoms with E-state index in [-0.39, 0.29) is 18.1 Å². The van der Waals surface area contributed by atoms with E-state index in [4.69, 9.17) is 0 Å². The summed E-state index contributed by atoms with van der Waals surface area (Å²) < 4.78 is 0. The first-order chi connectivity index (χ1) is 10.5. The molecule has 2 aromatic carbocycles. The Morgan fingerprint density at radius 2 is 1.14 bits per heavy atom. The average molecular weight is 296 g/mol. The molecule has 0 aliphatic heterocycles. The molecule has 3 heteroatoms. The first-order valence-corrected chi connectivity index (χ1v) is 7.67. The zero-order valence-corrected chi connectivity index (χ0v) is 13.7. The second-order valence-electron chi connectivity index (χ2n) is 5.77. The Kier molecular flexibility index (Phi) is 5.21. The van der Waals surface area contributed by atoms with Gasteiger partial charge in [-0.2, -0.15) is 0 Å². The summed E-state index contributed by atoms with van der Waals surface area (Å²) in [6.07, 6.45) is 0. The van der Waals surface area contributed by atoms with Gasteiger partial charge in [-0.15, -0.1) is 0 Å². The number of rotatable bonds is 4. The number of hydrogen-bond acceptors (Lipinski definition) is 1. The van der Waals surface area contributed by atoms with Crippen molar-refractivity contribution in [3.8, 4) is 0 Å². The van der Waals surface area contributed by atoms with Crippen molar-refractivity contribution in [3.63, 3.8) is 0 Å². The summed E-state index contributed by atoms with van der Waals surface area (Å²) in [4.78, 5) is 12.2. The van der Waals surface area contributed by atoms with Gasteiger partial charge in [-0.25, -0.2) is 4.79 Å². The maximum absolute atomic E-state index is 12.2. The van der Waals surface area contributed by atoms with Gasteiger partial charge in [-0.1, -0.05) is 48.5 Å². The molecule has 0 aliphatic carbocycles. The van der Waals surface area contributed by atoms with Crippen molar-refractivity contribution < 1.29 is 4.79 Å². The molecule has 22 heavy (non-hydrogen) atoms. The first kappa shape index (κ1) is 16.1. The van der Waals surface area contributed by atoms with Gasteiger partial charge < -0.3 is 10.6 Å². The molecule has 0 bridgehead atoms. The van der Waals surface area contributed by atoms with E-state index in [0.29, 0.717) is 0 Å². The average Bonchev–Trinajstić information content (AvgIpc) is 2.47. The molecule has 0 saturated carbocycles. The SMILES string of the molecule is Cc1ccccc1[C@H](C)NC(=O)N[C@@H](C)c1ccccc1C. The highest BCUT2D eigenvalue weighted by molar-refractivity contribution is 5.75. The van der Waals surface area contributed by atoms with E-state index >= 15 is 0 Å². The lowest BCUT2D eigenvalue weighted by Crippen LogP contribution is -2.38. The van der Waals surface area contributed by atoms with Crippen molar-refractivity contribution in [2.75, 3.05) is 0 Å². The summed E-state index contributed by atoms with van der Waals surface area (Å²) in [5, 5.41) is 6.01. The highest BCUT2D eigenvalue weighted by Crippen LogP contribution is 2.18. The number of urea groups is 1. The molecule has 0 aliphatic rings. The number of amides is 2. The van der Waals surface area contributed by atoms with E-state index in [1.807, 2.05) is 50.2 Å². The highest BCUT2D eigenvalue weighted by atomic mass is 16.2. The number of carbonyl (C=O) groups is 1. The van der Waals surface area contributed by atoms with Crippen molar-refractivity contribution in [2.24, 2.45) is 0 Å². The van der Waals surface area contributed by atoms with E-state index in [1.54, 1.807) is 0 Å². The van der Waals surface area contributed by atoms with Crippen LogP contribution in [-0.2, 0) is 0 Å². The second kappa shape index (κ2) is 7.12. The molecule has 2 amide bonds. The third kappa shape index (κ3) is 3.88. The summed E-state index contributed by atoms with van der Waals surface area (Å²) in [6.45, 7) is 8.11. The minimum atomic E-state index is -0.147. The third-order valence-electron chi connectivity index (χ3n) is 4.01. The normalized spacial score (nSPS) is 13.3. The van der Waals surface area contributed by atoms with E-state index < -0.39 is 0 Å². The number of benzene rings is 2. The topological polar surface area (TPSA) is 41.1 Å². The second-order valence-corrected chi connectivity index (χ2v) is 5.77. The molecule has 0 unspecified atom stereocenters. The minimum absolute atomic E-state index is 0.0229. The van der Waals surface area contributed by atoms with Gasteiger partial charge in [0.25, 0.3) is 0 Å². The third-order valence-corrected chi connectivity index (χ3v) is 4.01. The Bertz CT molecular complexity index is 596. The quantitative estimate of drug-likeness (QED) is 0.861. The van der Waals surface area contributed by atoms with Crippen LogP contribution in [0.1, 0.15) is 48.2 Å². The van der Waals surface area contributed by atoms with E-state index in [1.165, 1.54) is 11.1 Å². The number of nitrogens with one attached hydrogen (secondary N) is 2. The smallest absolute Gasteiger partial charge is 0.315 e. The fourth-order valence-electron chi connectivity index (χ4n) is 2.74. The Labute approximate surface area is 132 Å². The molecule has 0 radical (unpaired) electrons. The Balaban J connectivity index is 1.98. The van der Waals surface area contributed by atoms with E-state index in [2.05, 4.69) is 36.6 Å². The molecular weight excluding hydrogens is 272 g/mol. The lowest BCUT2D eigenvalue weighted by molar-refractivity contribution is 0.235. The zero-order valence-electron chi connectivity index (χ0n) is 13.7. The molecule has 2 atom stereocenters. The van der Waals surface area contributed by atoms with Crippen LogP contribution in [0.15, 0.2) is 48.5 Å². The predicted molar refractivity (Wildman–Crippen MR) is 90.9 cm³/mol. The first-order valence-electron chi connectivity index (χ1n) is 7.67. The maximum Gasteiger partial charge on any atom is 0.315 e. The summed E-state index contributed by atoms with van der Waals surface area (Å²) in [6, 6.07) is 16.0. The molecule has 116 valence electrons. The maximum atomic E-state index is 12.2. The van der Waals surface area contributed by atoms with Crippen molar-refractivity contribution in [3.05, 3.63) is 70.8 Å². The lowest BCUT2D eigenvalue weighted by Gasteiger charge is -2.20. The summed E-state index contributed by atoms with van der Waals surface area (Å²) in [5.41, 5.74) is 4.65. The van der Waals surface area contributed by atoms with Crippen molar-refractivity contribution in [2.45, 2.75) is 39.8 Å². The summed E-state index contributed by atoms with van der Waals surface area (Å²) >= 11 is 0. The van der Waals surface area contributed by atoms with Crippen LogP contribution in [0.3, 0.4) is 0 Å². The Morgan fingerprint density at radius 3 is 1.50 bits per heavy atom. The fraction of sp³-hybridized carbons (Fsp3) is 0.316. The van der Waals surface area contributed by atoms with Gasteiger partial charge in [0.2, 0.25) is 0 Å². The molecule has 0 saturated heterocycles. The van der Waals surface area contributed by atoms with E-state index in [9.17, 15) is 4.79 Å². The van der Waals surface area contributed by atoms with Crippen LogP contribution in [0, 0.1) is 13.8 Å². The highest BCUT2D eigenvalue weighted by Gasteiger charge is 2.14. The number of carbonyl (C=O) groups excluding carboxylic acids is 1. The Morgan fingerprint density at radius 1 is 0.773 bits per heavy atom. The largest absolute Gasteiger partial charge is 0.332 e. The van der Waals surface area contributed by atoms with Crippen LogP contribution in [0.25, 0.3) is 0 Å². The van der Waals surface area contributed by atoms with Crippen molar-refractivity contribution >= 4 is 6.03 Å². The van der Waals surface area contributed by atoms with E-state index in [0.717, 1.165) is 11.1 Å². The van der Waals surface area contributed by atoms with Gasteiger partial charge in [0.15, 0.2) is 0 Å². The molecule has 2 rings (SSSR count). The van der Waals surface area contributed by atoms with Crippen LogP contribution < -0.4 is 10.6 Å². The molecule has 3 nitrogen and oxygen atoms in total. The monoisotopic (exact) mass is 296 g/mol.